The second kappa shape index (κ2) is 5.88. The lowest BCUT2D eigenvalue weighted by atomic mass is 9.72. The number of nitrogens with two attached hydrogens (primary N) is 1. The van der Waals surface area contributed by atoms with Crippen LogP contribution in [0.15, 0.2) is 18.2 Å². The maximum absolute atomic E-state index is 6.44. The lowest BCUT2D eigenvalue weighted by Crippen LogP contribution is -2.45. The molecule has 1 aromatic rings. The molecule has 0 aromatic heterocycles. The zero-order valence-electron chi connectivity index (χ0n) is 13.2. The van der Waals surface area contributed by atoms with Gasteiger partial charge in [-0.3, -0.25) is 0 Å². The summed E-state index contributed by atoms with van der Waals surface area (Å²) >= 11 is 0. The van der Waals surface area contributed by atoms with Crippen molar-refractivity contribution in [3.63, 3.8) is 0 Å². The van der Waals surface area contributed by atoms with Gasteiger partial charge in [-0.15, -0.1) is 0 Å². The lowest BCUT2D eigenvalue weighted by Gasteiger charge is -2.45. The average molecular weight is 289 g/mol. The standard InChI is InChI=1S/C18H27NO2/c1-3-4-13-7-9-18(10-8-13)12-16(19)15-6-5-14(20-2)11-17(15)21-18/h5-6,11,13,16H,3-4,7-10,12,19H2,1-2H3. The monoisotopic (exact) mass is 289 g/mol. The maximum atomic E-state index is 6.44. The van der Waals surface area contributed by atoms with E-state index in [1.807, 2.05) is 12.1 Å². The molecule has 1 aliphatic carbocycles. The molecule has 3 rings (SSSR count). The number of methoxy groups -OCH3 is 1. The summed E-state index contributed by atoms with van der Waals surface area (Å²) in [7, 11) is 1.69. The Kier molecular flexibility index (Phi) is 4.12. The summed E-state index contributed by atoms with van der Waals surface area (Å²) in [4.78, 5) is 0. The van der Waals surface area contributed by atoms with Crippen LogP contribution < -0.4 is 15.2 Å². The summed E-state index contributed by atoms with van der Waals surface area (Å²) in [6.45, 7) is 2.28. The first-order chi connectivity index (χ1) is 10.2. The van der Waals surface area contributed by atoms with Gasteiger partial charge in [-0.2, -0.15) is 0 Å². The van der Waals surface area contributed by atoms with Crippen LogP contribution in [0.5, 0.6) is 11.5 Å². The Balaban J connectivity index is 1.78. The first kappa shape index (κ1) is 14.7. The van der Waals surface area contributed by atoms with E-state index in [-0.39, 0.29) is 11.6 Å². The summed E-state index contributed by atoms with van der Waals surface area (Å²) in [5, 5.41) is 0. The Hall–Kier alpha value is -1.22. The highest BCUT2D eigenvalue weighted by Gasteiger charge is 2.42. The molecule has 0 saturated heterocycles. The van der Waals surface area contributed by atoms with Crippen LogP contribution in [0.4, 0.5) is 0 Å². The van der Waals surface area contributed by atoms with Gasteiger partial charge in [-0.1, -0.05) is 25.8 Å². The van der Waals surface area contributed by atoms with E-state index in [1.54, 1.807) is 7.11 Å². The van der Waals surface area contributed by atoms with Gasteiger partial charge < -0.3 is 15.2 Å². The van der Waals surface area contributed by atoms with Crippen LogP contribution in [-0.4, -0.2) is 12.7 Å². The fraction of sp³-hybridized carbons (Fsp3) is 0.667. The molecule has 2 N–H and O–H groups in total. The van der Waals surface area contributed by atoms with E-state index < -0.39 is 0 Å². The number of fused-ring (bicyclic) bond motifs is 1. The second-order valence-electron chi connectivity index (χ2n) is 6.73. The van der Waals surface area contributed by atoms with E-state index >= 15 is 0 Å². The molecule has 0 amide bonds. The fourth-order valence-corrected chi connectivity index (χ4v) is 4.03. The van der Waals surface area contributed by atoms with Crippen LogP contribution in [0.1, 0.15) is 63.5 Å². The Labute approximate surface area is 127 Å². The topological polar surface area (TPSA) is 44.5 Å². The number of ether oxygens (including phenoxy) is 2. The van der Waals surface area contributed by atoms with Crippen molar-refractivity contribution in [2.45, 2.75) is 63.5 Å². The molecular weight excluding hydrogens is 262 g/mol. The van der Waals surface area contributed by atoms with Gasteiger partial charge >= 0.3 is 0 Å². The Morgan fingerprint density at radius 1 is 1.33 bits per heavy atom. The normalized spacial score (nSPS) is 31.6. The van der Waals surface area contributed by atoms with Crippen LogP contribution in [-0.2, 0) is 0 Å². The molecule has 2 aliphatic rings. The predicted molar refractivity (Wildman–Crippen MR) is 84.8 cm³/mol. The van der Waals surface area contributed by atoms with Gasteiger partial charge in [0.15, 0.2) is 0 Å². The number of hydrogen-bond donors (Lipinski definition) is 1. The predicted octanol–water partition coefficient (Wildman–Crippen LogP) is 4.21. The molecule has 3 heteroatoms. The molecule has 3 nitrogen and oxygen atoms in total. The largest absolute Gasteiger partial charge is 0.497 e. The zero-order chi connectivity index (χ0) is 14.9. The molecule has 1 aliphatic heterocycles. The van der Waals surface area contributed by atoms with Crippen LogP contribution in [0.3, 0.4) is 0 Å². The second-order valence-corrected chi connectivity index (χ2v) is 6.73. The van der Waals surface area contributed by atoms with Crippen molar-refractivity contribution in [2.75, 3.05) is 7.11 Å². The summed E-state index contributed by atoms with van der Waals surface area (Å²) in [5.41, 5.74) is 7.50. The molecule has 21 heavy (non-hydrogen) atoms. The van der Waals surface area contributed by atoms with Gasteiger partial charge in [0.05, 0.1) is 7.11 Å². The summed E-state index contributed by atoms with van der Waals surface area (Å²) in [6, 6.07) is 6.10. The van der Waals surface area contributed by atoms with Crippen LogP contribution in [0.25, 0.3) is 0 Å². The van der Waals surface area contributed by atoms with Crippen LogP contribution in [0.2, 0.25) is 0 Å². The van der Waals surface area contributed by atoms with Crippen LogP contribution >= 0.6 is 0 Å². The number of benzene rings is 1. The molecule has 0 bridgehead atoms. The highest BCUT2D eigenvalue weighted by Crippen LogP contribution is 2.47. The molecule has 1 atom stereocenters. The van der Waals surface area contributed by atoms with Crippen molar-refractivity contribution in [3.8, 4) is 11.5 Å². The molecular formula is C18H27NO2. The van der Waals surface area contributed by atoms with Crippen molar-refractivity contribution >= 4 is 0 Å². The SMILES string of the molecule is CCCC1CCC2(CC1)CC(N)c1ccc(OC)cc1O2. The summed E-state index contributed by atoms with van der Waals surface area (Å²) in [5.74, 6) is 2.66. The lowest BCUT2D eigenvalue weighted by molar-refractivity contribution is -0.0117. The highest BCUT2D eigenvalue weighted by molar-refractivity contribution is 5.44. The van der Waals surface area contributed by atoms with E-state index in [4.69, 9.17) is 15.2 Å². The first-order valence-electron chi connectivity index (χ1n) is 8.28. The molecule has 1 spiro atoms. The van der Waals surface area contributed by atoms with Gasteiger partial charge in [-0.05, 0) is 37.7 Å². The third-order valence-corrected chi connectivity index (χ3v) is 5.25. The van der Waals surface area contributed by atoms with Crippen LogP contribution in [0, 0.1) is 5.92 Å². The van der Waals surface area contributed by atoms with E-state index in [1.165, 1.54) is 25.7 Å². The zero-order valence-corrected chi connectivity index (χ0v) is 13.2. The molecule has 1 heterocycles. The van der Waals surface area contributed by atoms with Gasteiger partial charge in [-0.25, -0.2) is 0 Å². The summed E-state index contributed by atoms with van der Waals surface area (Å²) in [6.07, 6.45) is 8.43. The molecule has 116 valence electrons. The Morgan fingerprint density at radius 3 is 2.76 bits per heavy atom. The minimum Gasteiger partial charge on any atom is -0.497 e. The molecule has 1 aromatic carbocycles. The fourth-order valence-electron chi connectivity index (χ4n) is 4.03. The third-order valence-electron chi connectivity index (χ3n) is 5.25. The van der Waals surface area contributed by atoms with Gasteiger partial charge in [0.25, 0.3) is 0 Å². The van der Waals surface area contributed by atoms with Crippen molar-refractivity contribution in [2.24, 2.45) is 11.7 Å². The van der Waals surface area contributed by atoms with Crippen molar-refractivity contribution < 1.29 is 9.47 Å². The Morgan fingerprint density at radius 2 is 2.10 bits per heavy atom. The van der Waals surface area contributed by atoms with Gasteiger partial charge in [0, 0.05) is 24.1 Å². The Bertz CT molecular complexity index is 492. The first-order valence-corrected chi connectivity index (χ1v) is 8.28. The van der Waals surface area contributed by atoms with Crippen molar-refractivity contribution in [1.82, 2.24) is 0 Å². The highest BCUT2D eigenvalue weighted by atomic mass is 16.5. The van der Waals surface area contributed by atoms with E-state index in [2.05, 4.69) is 13.0 Å². The third kappa shape index (κ3) is 2.89. The molecule has 1 saturated carbocycles. The number of hydrogen-bond acceptors (Lipinski definition) is 3. The van der Waals surface area contributed by atoms with E-state index in [0.717, 1.165) is 42.2 Å². The average Bonchev–Trinajstić information content (AvgIpc) is 2.49. The quantitative estimate of drug-likeness (QED) is 0.906. The minimum atomic E-state index is -0.0387. The molecule has 0 radical (unpaired) electrons. The maximum Gasteiger partial charge on any atom is 0.128 e. The molecule has 1 unspecified atom stereocenters. The van der Waals surface area contributed by atoms with Crippen molar-refractivity contribution in [3.05, 3.63) is 23.8 Å². The van der Waals surface area contributed by atoms with Gasteiger partial charge in [0.1, 0.15) is 17.1 Å². The number of rotatable bonds is 3. The van der Waals surface area contributed by atoms with E-state index in [9.17, 15) is 0 Å². The van der Waals surface area contributed by atoms with Gasteiger partial charge in [0.2, 0.25) is 0 Å². The van der Waals surface area contributed by atoms with E-state index in [0.29, 0.717) is 0 Å². The smallest absolute Gasteiger partial charge is 0.128 e. The minimum absolute atomic E-state index is 0.0387. The molecule has 1 fully saturated rings. The van der Waals surface area contributed by atoms with Crippen molar-refractivity contribution in [1.29, 1.82) is 0 Å². The summed E-state index contributed by atoms with van der Waals surface area (Å²) < 4.78 is 11.8.